The number of hydrogen-bond acceptors (Lipinski definition) is 7. The lowest BCUT2D eigenvalue weighted by atomic mass is 9.90. The zero-order valence-electron chi connectivity index (χ0n) is 25.0. The number of nitrogens with zero attached hydrogens (tertiary/aromatic N) is 3. The van der Waals surface area contributed by atoms with Crippen LogP contribution in [0.4, 0.5) is 11.4 Å². The van der Waals surface area contributed by atoms with Crippen molar-refractivity contribution in [2.45, 2.75) is 63.3 Å². The Morgan fingerprint density at radius 3 is 2.49 bits per heavy atom. The lowest BCUT2D eigenvalue weighted by molar-refractivity contribution is -0.124. The molecule has 6 rings (SSSR count). The Kier molecular flexibility index (Phi) is 9.43. The van der Waals surface area contributed by atoms with Crippen LogP contribution in [0.2, 0.25) is 0 Å². The van der Waals surface area contributed by atoms with E-state index in [1.807, 2.05) is 17.5 Å². The highest BCUT2D eigenvalue weighted by molar-refractivity contribution is 7.12. The molecule has 2 saturated heterocycles. The summed E-state index contributed by atoms with van der Waals surface area (Å²) in [5, 5.41) is 5.18. The lowest BCUT2D eigenvalue weighted by Crippen LogP contribution is -2.44. The molecule has 8 nitrogen and oxygen atoms in total. The Morgan fingerprint density at radius 2 is 1.77 bits per heavy atom. The number of nitrogens with one attached hydrogen (secondary N) is 1. The summed E-state index contributed by atoms with van der Waals surface area (Å²) in [5.41, 5.74) is 11.2. The van der Waals surface area contributed by atoms with E-state index in [0.717, 1.165) is 97.6 Å². The topological polar surface area (TPSA) is 91.1 Å². The fraction of sp³-hybridized carbons (Fsp3) is 0.471. The highest BCUT2D eigenvalue weighted by Gasteiger charge is 2.29. The van der Waals surface area contributed by atoms with E-state index in [-0.39, 0.29) is 23.9 Å². The monoisotopic (exact) mass is 601 g/mol. The largest absolute Gasteiger partial charge is 0.368 e. The van der Waals surface area contributed by atoms with E-state index in [2.05, 4.69) is 69.5 Å². The standard InChI is InChI=1S/C34H43N5O3S/c1-37-15-17-38(18-16-37)30-14-9-26(22-29(30)36-33(40)31-7-3-19-42-31)25-6-2-5-24(21-25)23-39(28-12-10-27(35)11-13-28)34(41)32-8-4-20-43-32/h2,4-6,8-9,14,20-22,27-28,31H,3,7,10-13,15-19,23,35H2,1H3,(H,36,40). The molecule has 3 heterocycles. The second-order valence-electron chi connectivity index (χ2n) is 12.2. The fourth-order valence-corrected chi connectivity index (χ4v) is 7.18. The molecule has 3 N–H and O–H groups in total. The summed E-state index contributed by atoms with van der Waals surface area (Å²) in [5.74, 6) is 0.0187. The minimum absolute atomic E-state index is 0.0753. The van der Waals surface area contributed by atoms with E-state index in [9.17, 15) is 9.59 Å². The van der Waals surface area contributed by atoms with Gasteiger partial charge in [-0.05, 0) is 91.9 Å². The number of likely N-dealkylation sites (N-methyl/N-ethyl adjacent to an activating group) is 1. The van der Waals surface area contributed by atoms with Crippen molar-refractivity contribution in [3.63, 3.8) is 0 Å². The maximum absolute atomic E-state index is 13.7. The predicted molar refractivity (Wildman–Crippen MR) is 174 cm³/mol. The van der Waals surface area contributed by atoms with Gasteiger partial charge in [-0.2, -0.15) is 0 Å². The van der Waals surface area contributed by atoms with Crippen LogP contribution in [0.3, 0.4) is 0 Å². The molecule has 43 heavy (non-hydrogen) atoms. The molecule has 228 valence electrons. The minimum Gasteiger partial charge on any atom is -0.368 e. The minimum atomic E-state index is -0.395. The smallest absolute Gasteiger partial charge is 0.264 e. The molecule has 3 fully saturated rings. The SMILES string of the molecule is CN1CCN(c2ccc(-c3cccc(CN(C(=O)c4cccs4)C4CCC(N)CC4)c3)cc2NC(=O)C2CCCO2)CC1. The van der Waals surface area contributed by atoms with Gasteiger partial charge >= 0.3 is 0 Å². The third-order valence-electron chi connectivity index (χ3n) is 9.11. The van der Waals surface area contributed by atoms with E-state index < -0.39 is 6.10 Å². The summed E-state index contributed by atoms with van der Waals surface area (Å²) in [6, 6.07) is 19.1. The van der Waals surface area contributed by atoms with Crippen molar-refractivity contribution >= 4 is 34.5 Å². The van der Waals surface area contributed by atoms with Gasteiger partial charge in [0.2, 0.25) is 0 Å². The number of carbonyl (C=O) groups is 2. The fourth-order valence-electron chi connectivity index (χ4n) is 6.50. The number of anilines is 2. The number of ether oxygens (including phenoxy) is 1. The van der Waals surface area contributed by atoms with Crippen molar-refractivity contribution in [1.82, 2.24) is 9.80 Å². The molecule has 3 aliphatic rings. The Morgan fingerprint density at radius 1 is 0.977 bits per heavy atom. The van der Waals surface area contributed by atoms with Crippen LogP contribution in [-0.2, 0) is 16.1 Å². The molecule has 1 atom stereocenters. The van der Waals surface area contributed by atoms with Crippen LogP contribution in [-0.4, -0.2) is 79.6 Å². The number of carbonyl (C=O) groups excluding carboxylic acids is 2. The first-order chi connectivity index (χ1) is 20.9. The number of nitrogens with two attached hydrogens (primary N) is 1. The molecule has 9 heteroatoms. The maximum Gasteiger partial charge on any atom is 0.264 e. The van der Waals surface area contributed by atoms with Gasteiger partial charge in [0.1, 0.15) is 6.10 Å². The van der Waals surface area contributed by atoms with Gasteiger partial charge in [-0.25, -0.2) is 0 Å². The summed E-state index contributed by atoms with van der Waals surface area (Å²) in [7, 11) is 2.14. The summed E-state index contributed by atoms with van der Waals surface area (Å²) in [4.78, 5) is 34.3. The van der Waals surface area contributed by atoms with Gasteiger partial charge in [-0.3, -0.25) is 9.59 Å². The maximum atomic E-state index is 13.7. The van der Waals surface area contributed by atoms with Gasteiger partial charge in [0.05, 0.1) is 16.3 Å². The van der Waals surface area contributed by atoms with Crippen molar-refractivity contribution < 1.29 is 14.3 Å². The van der Waals surface area contributed by atoms with E-state index in [4.69, 9.17) is 10.5 Å². The Labute approximate surface area is 258 Å². The van der Waals surface area contributed by atoms with Crippen LogP contribution in [0.15, 0.2) is 60.0 Å². The molecule has 1 aliphatic carbocycles. The quantitative estimate of drug-likeness (QED) is 0.369. The molecule has 0 spiro atoms. The summed E-state index contributed by atoms with van der Waals surface area (Å²) in [6.45, 7) is 4.97. The van der Waals surface area contributed by atoms with Gasteiger partial charge < -0.3 is 30.5 Å². The highest BCUT2D eigenvalue weighted by atomic mass is 32.1. The average Bonchev–Trinajstić information content (AvgIpc) is 3.77. The van der Waals surface area contributed by atoms with Crippen molar-refractivity contribution in [3.8, 4) is 11.1 Å². The molecule has 2 amide bonds. The summed E-state index contributed by atoms with van der Waals surface area (Å²) >= 11 is 1.50. The van der Waals surface area contributed by atoms with E-state index in [1.54, 1.807) is 0 Å². The molecule has 2 aliphatic heterocycles. The van der Waals surface area contributed by atoms with E-state index in [1.165, 1.54) is 11.3 Å². The molecule has 0 radical (unpaired) electrons. The van der Waals surface area contributed by atoms with Crippen molar-refractivity contribution in [1.29, 1.82) is 0 Å². The van der Waals surface area contributed by atoms with E-state index >= 15 is 0 Å². The molecular formula is C34H43N5O3S. The average molecular weight is 602 g/mol. The number of amides is 2. The van der Waals surface area contributed by atoms with Crippen molar-refractivity contribution in [3.05, 3.63) is 70.4 Å². The highest BCUT2D eigenvalue weighted by Crippen LogP contribution is 2.34. The van der Waals surface area contributed by atoms with Gasteiger partial charge in [-0.1, -0.05) is 30.3 Å². The molecular weight excluding hydrogens is 558 g/mol. The molecule has 1 saturated carbocycles. The molecule has 3 aromatic rings. The Hall–Kier alpha value is -3.24. The van der Waals surface area contributed by atoms with Gasteiger partial charge in [0, 0.05) is 51.4 Å². The molecule has 2 aromatic carbocycles. The second kappa shape index (κ2) is 13.6. The number of rotatable bonds is 8. The van der Waals surface area contributed by atoms with Gasteiger partial charge in [-0.15, -0.1) is 11.3 Å². The zero-order chi connectivity index (χ0) is 29.8. The zero-order valence-corrected chi connectivity index (χ0v) is 25.9. The second-order valence-corrected chi connectivity index (χ2v) is 13.1. The Bertz CT molecular complexity index is 1390. The third-order valence-corrected chi connectivity index (χ3v) is 9.97. The predicted octanol–water partition coefficient (Wildman–Crippen LogP) is 5.20. The van der Waals surface area contributed by atoms with Gasteiger partial charge in [0.15, 0.2) is 0 Å². The number of benzene rings is 2. The summed E-state index contributed by atoms with van der Waals surface area (Å²) < 4.78 is 5.69. The van der Waals surface area contributed by atoms with Crippen molar-refractivity contribution in [2.75, 3.05) is 50.1 Å². The number of piperazine rings is 1. The van der Waals surface area contributed by atoms with Crippen LogP contribution >= 0.6 is 11.3 Å². The van der Waals surface area contributed by atoms with E-state index in [0.29, 0.717) is 13.2 Å². The normalized spacial score (nSPS) is 22.8. The lowest BCUT2D eigenvalue weighted by Gasteiger charge is -2.36. The first-order valence-corrected chi connectivity index (χ1v) is 16.5. The first-order valence-electron chi connectivity index (χ1n) is 15.6. The van der Waals surface area contributed by atoms with Crippen LogP contribution in [0, 0.1) is 0 Å². The van der Waals surface area contributed by atoms with Crippen LogP contribution in [0.5, 0.6) is 0 Å². The number of thiophene rings is 1. The first kappa shape index (κ1) is 29.8. The molecule has 0 bridgehead atoms. The number of hydrogen-bond donors (Lipinski definition) is 2. The molecule has 1 aromatic heterocycles. The van der Waals surface area contributed by atoms with Gasteiger partial charge in [0.25, 0.3) is 11.8 Å². The Balaban J connectivity index is 1.27. The molecule has 1 unspecified atom stereocenters. The van der Waals surface area contributed by atoms with Crippen LogP contribution in [0.1, 0.15) is 53.8 Å². The van der Waals surface area contributed by atoms with Crippen LogP contribution in [0.25, 0.3) is 11.1 Å². The third kappa shape index (κ3) is 7.12. The van der Waals surface area contributed by atoms with Crippen molar-refractivity contribution in [2.24, 2.45) is 5.73 Å². The summed E-state index contributed by atoms with van der Waals surface area (Å²) in [6.07, 6.45) is 5.02. The van der Waals surface area contributed by atoms with Crippen LogP contribution < -0.4 is 16.0 Å².